The van der Waals surface area contributed by atoms with Crippen LogP contribution >= 0.6 is 11.6 Å². The van der Waals surface area contributed by atoms with Gasteiger partial charge in [0.25, 0.3) is 5.91 Å². The van der Waals surface area contributed by atoms with Crippen LogP contribution in [0.3, 0.4) is 0 Å². The van der Waals surface area contributed by atoms with Crippen molar-refractivity contribution in [3.05, 3.63) is 23.0 Å². The number of anilines is 1. The number of aliphatic hydroxyl groups is 1. The molecular weight excluding hydrogens is 254 g/mol. The first kappa shape index (κ1) is 14.7. The zero-order valence-corrected chi connectivity index (χ0v) is 11.7. The monoisotopic (exact) mass is 271 g/mol. The van der Waals surface area contributed by atoms with E-state index >= 15 is 0 Å². The summed E-state index contributed by atoms with van der Waals surface area (Å²) in [6, 6.07) is 1.40. The number of nitrogens with zero attached hydrogens (tertiary/aromatic N) is 1. The molecule has 1 aromatic rings. The van der Waals surface area contributed by atoms with E-state index in [2.05, 4.69) is 10.3 Å². The van der Waals surface area contributed by atoms with Crippen LogP contribution in [-0.4, -0.2) is 27.1 Å². The molecule has 6 heteroatoms. The molecule has 5 nitrogen and oxygen atoms in total. The molecule has 0 bridgehead atoms. The molecule has 0 spiro atoms. The maximum absolute atomic E-state index is 12.1. The molecule has 0 aliphatic rings. The van der Waals surface area contributed by atoms with Crippen molar-refractivity contribution in [2.24, 2.45) is 0 Å². The number of carbonyl (C=O) groups excluding carboxylic acids is 1. The number of nitrogens with one attached hydrogen (secondary N) is 1. The summed E-state index contributed by atoms with van der Waals surface area (Å²) in [6.07, 6.45) is 1.33. The largest absolute Gasteiger partial charge is 0.397 e. The Hall–Kier alpha value is -1.33. The summed E-state index contributed by atoms with van der Waals surface area (Å²) < 4.78 is 0. The Kier molecular flexibility index (Phi) is 3.88. The number of aromatic nitrogens is 1. The molecule has 0 saturated heterocycles. The lowest BCUT2D eigenvalue weighted by atomic mass is 9.85. The summed E-state index contributed by atoms with van der Waals surface area (Å²) in [5.74, 6) is -0.399. The molecule has 1 rings (SSSR count). The van der Waals surface area contributed by atoms with Gasteiger partial charge in [-0.3, -0.25) is 4.79 Å². The maximum Gasteiger partial charge on any atom is 0.254 e. The van der Waals surface area contributed by atoms with Crippen LogP contribution in [0.4, 0.5) is 5.69 Å². The fourth-order valence-electron chi connectivity index (χ4n) is 1.14. The second kappa shape index (κ2) is 4.74. The van der Waals surface area contributed by atoms with Gasteiger partial charge in [0.1, 0.15) is 5.15 Å². The second-order valence-corrected chi connectivity index (χ2v) is 5.62. The lowest BCUT2D eigenvalue weighted by molar-refractivity contribution is -0.00291. The van der Waals surface area contributed by atoms with Crippen LogP contribution in [0.5, 0.6) is 0 Å². The van der Waals surface area contributed by atoms with Crippen LogP contribution in [-0.2, 0) is 0 Å². The van der Waals surface area contributed by atoms with Gasteiger partial charge in [-0.2, -0.15) is 0 Å². The van der Waals surface area contributed by atoms with E-state index in [9.17, 15) is 9.90 Å². The third-order valence-electron chi connectivity index (χ3n) is 3.10. The summed E-state index contributed by atoms with van der Waals surface area (Å²) in [4.78, 5) is 15.9. The Bertz CT molecular complexity index is 467. The Morgan fingerprint density at radius 1 is 1.44 bits per heavy atom. The lowest BCUT2D eigenvalue weighted by Gasteiger charge is -2.38. The number of hydrogen-bond donors (Lipinski definition) is 3. The van der Waals surface area contributed by atoms with Gasteiger partial charge in [-0.25, -0.2) is 4.98 Å². The van der Waals surface area contributed by atoms with Gasteiger partial charge in [0.2, 0.25) is 0 Å². The van der Waals surface area contributed by atoms with Gasteiger partial charge in [0.15, 0.2) is 0 Å². The predicted octanol–water partition coefficient (Wildman–Crippen LogP) is 1.60. The van der Waals surface area contributed by atoms with E-state index in [-0.39, 0.29) is 16.4 Å². The summed E-state index contributed by atoms with van der Waals surface area (Å²) in [6.45, 7) is 6.69. The molecule has 1 heterocycles. The third kappa shape index (κ3) is 3.11. The fraction of sp³-hybridized carbons (Fsp3) is 0.500. The number of carbonyl (C=O) groups is 1. The average Bonchev–Trinajstić information content (AvgIpc) is 2.19. The van der Waals surface area contributed by atoms with E-state index in [1.54, 1.807) is 27.7 Å². The van der Waals surface area contributed by atoms with Crippen molar-refractivity contribution >= 4 is 23.2 Å². The Morgan fingerprint density at radius 2 is 2.00 bits per heavy atom. The molecule has 0 radical (unpaired) electrons. The van der Waals surface area contributed by atoms with Crippen molar-refractivity contribution in [1.29, 1.82) is 0 Å². The van der Waals surface area contributed by atoms with Crippen molar-refractivity contribution in [3.8, 4) is 0 Å². The van der Waals surface area contributed by atoms with Crippen LogP contribution in [0.25, 0.3) is 0 Å². The van der Waals surface area contributed by atoms with Gasteiger partial charge in [0.05, 0.1) is 28.6 Å². The minimum atomic E-state index is -1.08. The van der Waals surface area contributed by atoms with Gasteiger partial charge in [-0.15, -0.1) is 0 Å². The van der Waals surface area contributed by atoms with Crippen molar-refractivity contribution < 1.29 is 9.90 Å². The van der Waals surface area contributed by atoms with Crippen LogP contribution in [0.2, 0.25) is 5.15 Å². The standard InChI is InChI=1S/C12H18ClN3O2/c1-11(2,12(3,4)18)16-10(17)7-5-9(13)15-6-8(7)14/h5-6,18H,14H2,1-4H3,(H,16,17). The zero-order chi connectivity index (χ0) is 14.1. The molecule has 18 heavy (non-hydrogen) atoms. The van der Waals surface area contributed by atoms with E-state index in [0.717, 1.165) is 0 Å². The van der Waals surface area contributed by atoms with Crippen LogP contribution in [0.1, 0.15) is 38.1 Å². The molecule has 0 unspecified atom stereocenters. The molecule has 0 fully saturated rings. The highest BCUT2D eigenvalue weighted by Gasteiger charge is 2.36. The molecule has 1 amide bonds. The number of pyridine rings is 1. The average molecular weight is 272 g/mol. The number of hydrogen-bond acceptors (Lipinski definition) is 4. The van der Waals surface area contributed by atoms with Gasteiger partial charge < -0.3 is 16.2 Å². The first-order chi connectivity index (χ1) is 8.04. The molecule has 0 atom stereocenters. The zero-order valence-electron chi connectivity index (χ0n) is 10.9. The Balaban J connectivity index is 3.00. The Labute approximate surface area is 111 Å². The number of amides is 1. The molecule has 1 aromatic heterocycles. The molecule has 0 aliphatic heterocycles. The van der Waals surface area contributed by atoms with E-state index in [1.165, 1.54) is 12.3 Å². The van der Waals surface area contributed by atoms with Gasteiger partial charge >= 0.3 is 0 Å². The normalized spacial score (nSPS) is 12.3. The van der Waals surface area contributed by atoms with E-state index < -0.39 is 17.0 Å². The number of nitrogen functional groups attached to an aromatic ring is 1. The second-order valence-electron chi connectivity index (χ2n) is 5.23. The molecule has 100 valence electrons. The summed E-state index contributed by atoms with van der Waals surface area (Å²) >= 11 is 5.73. The quantitative estimate of drug-likeness (QED) is 0.729. The number of rotatable bonds is 3. The SMILES string of the molecule is CC(C)(O)C(C)(C)NC(=O)c1cc(Cl)ncc1N. The molecule has 0 aliphatic carbocycles. The predicted molar refractivity (Wildman–Crippen MR) is 71.5 cm³/mol. The highest BCUT2D eigenvalue weighted by molar-refractivity contribution is 6.29. The first-order valence-electron chi connectivity index (χ1n) is 5.50. The molecule has 0 saturated carbocycles. The number of nitrogens with two attached hydrogens (primary N) is 1. The fourth-order valence-corrected chi connectivity index (χ4v) is 1.30. The van der Waals surface area contributed by atoms with E-state index in [0.29, 0.717) is 0 Å². The van der Waals surface area contributed by atoms with Gasteiger partial charge in [-0.1, -0.05) is 11.6 Å². The molecule has 4 N–H and O–H groups in total. The van der Waals surface area contributed by atoms with Gasteiger partial charge in [-0.05, 0) is 33.8 Å². The van der Waals surface area contributed by atoms with Crippen molar-refractivity contribution in [3.63, 3.8) is 0 Å². The molecule has 0 aromatic carbocycles. The maximum atomic E-state index is 12.1. The van der Waals surface area contributed by atoms with E-state index in [4.69, 9.17) is 17.3 Å². The highest BCUT2D eigenvalue weighted by Crippen LogP contribution is 2.22. The third-order valence-corrected chi connectivity index (χ3v) is 3.31. The number of halogens is 1. The summed E-state index contributed by atoms with van der Waals surface area (Å²) in [5.41, 5.74) is 4.27. The van der Waals surface area contributed by atoms with Gasteiger partial charge in [0, 0.05) is 0 Å². The van der Waals surface area contributed by atoms with Crippen molar-refractivity contribution in [2.75, 3.05) is 5.73 Å². The lowest BCUT2D eigenvalue weighted by Crippen LogP contribution is -2.57. The van der Waals surface area contributed by atoms with Crippen LogP contribution in [0.15, 0.2) is 12.3 Å². The summed E-state index contributed by atoms with van der Waals surface area (Å²) in [5, 5.41) is 12.9. The molecular formula is C12H18ClN3O2. The van der Waals surface area contributed by atoms with Crippen molar-refractivity contribution in [1.82, 2.24) is 10.3 Å². The summed E-state index contributed by atoms with van der Waals surface area (Å²) in [7, 11) is 0. The minimum absolute atomic E-state index is 0.190. The Morgan fingerprint density at radius 3 is 2.50 bits per heavy atom. The first-order valence-corrected chi connectivity index (χ1v) is 5.88. The van der Waals surface area contributed by atoms with Crippen LogP contribution < -0.4 is 11.1 Å². The topological polar surface area (TPSA) is 88.2 Å². The highest BCUT2D eigenvalue weighted by atomic mass is 35.5. The smallest absolute Gasteiger partial charge is 0.254 e. The minimum Gasteiger partial charge on any atom is -0.397 e. The van der Waals surface area contributed by atoms with E-state index in [1.807, 2.05) is 0 Å². The van der Waals surface area contributed by atoms with Crippen LogP contribution in [0, 0.1) is 0 Å². The van der Waals surface area contributed by atoms with Crippen molar-refractivity contribution in [2.45, 2.75) is 38.8 Å².